The molecule has 1 aliphatic heterocycles. The normalized spacial score (nSPS) is 21.3. The Balaban J connectivity index is 1.42. The molecule has 1 spiro atoms. The van der Waals surface area contributed by atoms with Crippen LogP contribution >= 0.6 is 35.0 Å². The summed E-state index contributed by atoms with van der Waals surface area (Å²) in [6, 6.07) is 5.95. The number of nitrogens with zero attached hydrogens (tertiary/aromatic N) is 5. The van der Waals surface area contributed by atoms with Gasteiger partial charge >= 0.3 is 0 Å². The minimum Gasteiger partial charge on any atom is -0.342 e. The maximum atomic E-state index is 6.44. The first-order valence-corrected chi connectivity index (χ1v) is 11.5. The minimum atomic E-state index is 0.321. The van der Waals surface area contributed by atoms with Crippen LogP contribution in [-0.4, -0.2) is 38.7 Å². The predicted octanol–water partition coefficient (Wildman–Crippen LogP) is 4.68. The third-order valence-corrected chi connectivity index (χ3v) is 8.43. The van der Waals surface area contributed by atoms with Crippen molar-refractivity contribution in [2.75, 3.05) is 18.0 Å². The van der Waals surface area contributed by atoms with Gasteiger partial charge in [-0.15, -0.1) is 10.2 Å². The predicted molar refractivity (Wildman–Crippen MR) is 117 cm³/mol. The second kappa shape index (κ2) is 7.61. The standard InChI is InChI=1S/C20H22Cl2N6S/c21-13-3-1-4-14(17(13)22)29-15-11-24-19(28-12-25-26-18(15)28)27-9-7-20(8-10-27)6-2-5-16(20)23/h1,3-4,11-12,16H,2,5-10,23H2/t16-/m1/s1. The van der Waals surface area contributed by atoms with E-state index in [4.69, 9.17) is 33.9 Å². The first kappa shape index (κ1) is 19.4. The smallest absolute Gasteiger partial charge is 0.212 e. The number of halogens is 2. The Labute approximate surface area is 183 Å². The highest BCUT2D eigenvalue weighted by Crippen LogP contribution is 2.46. The lowest BCUT2D eigenvalue weighted by atomic mass is 9.74. The Morgan fingerprint density at radius 3 is 2.72 bits per heavy atom. The SMILES string of the molecule is N[C@@H]1CCCC12CCN(c1ncc(Sc3cccc(Cl)c3Cl)c3nncn13)CC2. The lowest BCUT2D eigenvalue weighted by molar-refractivity contribution is 0.197. The maximum Gasteiger partial charge on any atom is 0.212 e. The Morgan fingerprint density at radius 1 is 1.14 bits per heavy atom. The molecule has 0 amide bonds. The second-order valence-electron chi connectivity index (χ2n) is 7.95. The molecule has 1 atom stereocenters. The van der Waals surface area contributed by atoms with Crippen molar-refractivity contribution in [3.63, 3.8) is 0 Å². The molecule has 6 nitrogen and oxygen atoms in total. The zero-order valence-electron chi connectivity index (χ0n) is 15.9. The van der Waals surface area contributed by atoms with Crippen LogP contribution in [0.15, 0.2) is 40.5 Å². The van der Waals surface area contributed by atoms with Crippen molar-refractivity contribution in [1.29, 1.82) is 0 Å². The van der Waals surface area contributed by atoms with Crippen molar-refractivity contribution in [1.82, 2.24) is 19.6 Å². The van der Waals surface area contributed by atoms with Crippen molar-refractivity contribution in [2.45, 2.75) is 47.9 Å². The number of anilines is 1. The van der Waals surface area contributed by atoms with E-state index in [9.17, 15) is 0 Å². The van der Waals surface area contributed by atoms with Crippen molar-refractivity contribution in [2.24, 2.45) is 11.1 Å². The average molecular weight is 449 g/mol. The first-order valence-electron chi connectivity index (χ1n) is 9.88. The van der Waals surface area contributed by atoms with Crippen LogP contribution in [0.4, 0.5) is 5.95 Å². The number of benzene rings is 1. The van der Waals surface area contributed by atoms with E-state index in [1.165, 1.54) is 24.6 Å². The van der Waals surface area contributed by atoms with E-state index in [2.05, 4.69) is 15.1 Å². The summed E-state index contributed by atoms with van der Waals surface area (Å²) >= 11 is 14.0. The zero-order valence-corrected chi connectivity index (χ0v) is 18.2. The van der Waals surface area contributed by atoms with Gasteiger partial charge in [0.25, 0.3) is 0 Å². The molecular formula is C20H22Cl2N6S. The third-order valence-electron chi connectivity index (χ3n) is 6.44. The van der Waals surface area contributed by atoms with Crippen molar-refractivity contribution < 1.29 is 0 Å². The van der Waals surface area contributed by atoms with Crippen molar-refractivity contribution in [3.8, 4) is 0 Å². The molecule has 9 heteroatoms. The van der Waals surface area contributed by atoms with Gasteiger partial charge in [0.1, 0.15) is 6.33 Å². The van der Waals surface area contributed by atoms with Crippen LogP contribution in [0.1, 0.15) is 32.1 Å². The summed E-state index contributed by atoms with van der Waals surface area (Å²) in [6.07, 6.45) is 9.49. The van der Waals surface area contributed by atoms with Crippen molar-refractivity contribution >= 4 is 46.6 Å². The molecule has 2 aromatic heterocycles. The van der Waals surface area contributed by atoms with Gasteiger partial charge in [0.2, 0.25) is 5.95 Å². The second-order valence-corrected chi connectivity index (χ2v) is 9.82. The number of fused-ring (bicyclic) bond motifs is 1. The van der Waals surface area contributed by atoms with Gasteiger partial charge < -0.3 is 10.6 Å². The highest BCUT2D eigenvalue weighted by atomic mass is 35.5. The summed E-state index contributed by atoms with van der Waals surface area (Å²) in [5.41, 5.74) is 7.53. The van der Waals surface area contributed by atoms with E-state index >= 15 is 0 Å². The van der Waals surface area contributed by atoms with Gasteiger partial charge in [-0.3, -0.25) is 0 Å². The molecule has 1 saturated heterocycles. The molecule has 5 rings (SSSR count). The van der Waals surface area contributed by atoms with E-state index in [-0.39, 0.29) is 0 Å². The fraction of sp³-hybridized carbons (Fsp3) is 0.450. The van der Waals surface area contributed by atoms with E-state index in [0.717, 1.165) is 53.7 Å². The molecule has 1 aromatic carbocycles. The Kier molecular flexibility index (Phi) is 5.10. The van der Waals surface area contributed by atoms with Gasteiger partial charge in [0.15, 0.2) is 5.65 Å². The van der Waals surface area contributed by atoms with E-state index < -0.39 is 0 Å². The van der Waals surface area contributed by atoms with Gasteiger partial charge in [-0.2, -0.15) is 0 Å². The fourth-order valence-electron chi connectivity index (χ4n) is 4.71. The van der Waals surface area contributed by atoms with Gasteiger partial charge in [-0.25, -0.2) is 9.38 Å². The van der Waals surface area contributed by atoms with Crippen LogP contribution in [0.5, 0.6) is 0 Å². The molecule has 2 fully saturated rings. The summed E-state index contributed by atoms with van der Waals surface area (Å²) < 4.78 is 1.97. The number of hydrogen-bond donors (Lipinski definition) is 1. The fourth-order valence-corrected chi connectivity index (χ4v) is 6.10. The largest absolute Gasteiger partial charge is 0.342 e. The molecule has 29 heavy (non-hydrogen) atoms. The molecule has 152 valence electrons. The molecule has 2 aliphatic rings. The van der Waals surface area contributed by atoms with E-state index in [0.29, 0.717) is 21.5 Å². The van der Waals surface area contributed by atoms with E-state index in [1.807, 2.05) is 22.7 Å². The number of aromatic nitrogens is 4. The molecule has 3 heterocycles. The van der Waals surface area contributed by atoms with Gasteiger partial charge in [0, 0.05) is 30.2 Å². The number of rotatable bonds is 3. The van der Waals surface area contributed by atoms with Crippen LogP contribution in [-0.2, 0) is 0 Å². The lowest BCUT2D eigenvalue weighted by Gasteiger charge is -2.42. The van der Waals surface area contributed by atoms with Gasteiger partial charge in [-0.1, -0.05) is 47.5 Å². The summed E-state index contributed by atoms with van der Waals surface area (Å²) in [7, 11) is 0. The molecule has 0 bridgehead atoms. The number of nitrogens with two attached hydrogens (primary N) is 1. The Bertz CT molecular complexity index is 1050. The van der Waals surface area contributed by atoms with Gasteiger partial charge in [-0.05, 0) is 43.2 Å². The zero-order chi connectivity index (χ0) is 20.0. The van der Waals surface area contributed by atoms with Crippen LogP contribution in [0.25, 0.3) is 5.65 Å². The van der Waals surface area contributed by atoms with Crippen LogP contribution in [0.3, 0.4) is 0 Å². The van der Waals surface area contributed by atoms with Crippen LogP contribution < -0.4 is 10.6 Å². The summed E-state index contributed by atoms with van der Waals surface area (Å²) in [6.45, 7) is 1.92. The lowest BCUT2D eigenvalue weighted by Crippen LogP contribution is -2.47. The highest BCUT2D eigenvalue weighted by molar-refractivity contribution is 7.99. The highest BCUT2D eigenvalue weighted by Gasteiger charge is 2.43. The summed E-state index contributed by atoms with van der Waals surface area (Å²) in [5.74, 6) is 0.882. The van der Waals surface area contributed by atoms with Crippen molar-refractivity contribution in [3.05, 3.63) is 40.8 Å². The minimum absolute atomic E-state index is 0.321. The topological polar surface area (TPSA) is 72.3 Å². The Morgan fingerprint density at radius 2 is 1.97 bits per heavy atom. The van der Waals surface area contributed by atoms with Crippen LogP contribution in [0, 0.1) is 5.41 Å². The monoisotopic (exact) mass is 448 g/mol. The molecule has 1 aliphatic carbocycles. The average Bonchev–Trinajstić information content (AvgIpc) is 3.35. The molecule has 2 N–H and O–H groups in total. The summed E-state index contributed by atoms with van der Waals surface area (Å²) in [5, 5.41) is 9.54. The quantitative estimate of drug-likeness (QED) is 0.626. The van der Waals surface area contributed by atoms with Gasteiger partial charge in [0.05, 0.1) is 14.9 Å². The first-order chi connectivity index (χ1) is 14.1. The Hall–Kier alpha value is -1.54. The third kappa shape index (κ3) is 3.38. The molecule has 0 radical (unpaired) electrons. The van der Waals surface area contributed by atoms with Crippen LogP contribution in [0.2, 0.25) is 10.0 Å². The molecule has 0 unspecified atom stereocenters. The molecule has 1 saturated carbocycles. The maximum absolute atomic E-state index is 6.44. The number of piperidine rings is 1. The summed E-state index contributed by atoms with van der Waals surface area (Å²) in [4.78, 5) is 8.85. The van der Waals surface area contributed by atoms with E-state index in [1.54, 1.807) is 12.4 Å². The molecular weight excluding hydrogens is 427 g/mol. The number of hydrogen-bond acceptors (Lipinski definition) is 6. The molecule has 3 aromatic rings.